The van der Waals surface area contributed by atoms with Gasteiger partial charge in [-0.1, -0.05) is 18.2 Å². The molecule has 2 rings (SSSR count). The number of nitro benzene ring substituents is 1. The maximum absolute atomic E-state index is 12.3. The van der Waals surface area contributed by atoms with Crippen LogP contribution in [0.3, 0.4) is 0 Å². The standard InChI is InChI=1S/C18H17N3O6/c1-11(22)19-14-8-6-12(7-9-14)17(23)20-15(18(24)25)10-13-4-2-3-5-16(13)21(26)27/h2-9,15H,10H2,1H3,(H,19,22)(H,20,23)(H,24,25)/t15-/m0/s1. The summed E-state index contributed by atoms with van der Waals surface area (Å²) in [5.74, 6) is -2.21. The Morgan fingerprint density at radius 3 is 2.30 bits per heavy atom. The molecule has 0 unspecified atom stereocenters. The van der Waals surface area contributed by atoms with Gasteiger partial charge in [-0.25, -0.2) is 4.79 Å². The summed E-state index contributed by atoms with van der Waals surface area (Å²) >= 11 is 0. The van der Waals surface area contributed by atoms with Crippen molar-refractivity contribution in [1.29, 1.82) is 0 Å². The fourth-order valence-corrected chi connectivity index (χ4v) is 2.43. The first-order valence-electron chi connectivity index (χ1n) is 7.91. The molecule has 0 aromatic heterocycles. The number of rotatable bonds is 7. The monoisotopic (exact) mass is 371 g/mol. The Labute approximate surface area is 154 Å². The highest BCUT2D eigenvalue weighted by molar-refractivity contribution is 5.97. The van der Waals surface area contributed by atoms with Crippen LogP contribution >= 0.6 is 0 Å². The van der Waals surface area contributed by atoms with Gasteiger partial charge in [-0.15, -0.1) is 0 Å². The van der Waals surface area contributed by atoms with Gasteiger partial charge in [0.2, 0.25) is 5.91 Å². The van der Waals surface area contributed by atoms with Crippen LogP contribution in [0.1, 0.15) is 22.8 Å². The number of hydrogen-bond acceptors (Lipinski definition) is 5. The van der Waals surface area contributed by atoms with Crippen LogP contribution < -0.4 is 10.6 Å². The van der Waals surface area contributed by atoms with Gasteiger partial charge in [0.25, 0.3) is 11.6 Å². The van der Waals surface area contributed by atoms with Crippen LogP contribution in [0.5, 0.6) is 0 Å². The van der Waals surface area contributed by atoms with Gasteiger partial charge in [-0.05, 0) is 24.3 Å². The second-order valence-corrected chi connectivity index (χ2v) is 5.71. The average molecular weight is 371 g/mol. The molecule has 0 radical (unpaired) electrons. The number of carbonyl (C=O) groups is 3. The Balaban J connectivity index is 2.14. The van der Waals surface area contributed by atoms with Crippen LogP contribution in [0.4, 0.5) is 11.4 Å². The van der Waals surface area contributed by atoms with Gasteiger partial charge in [0.1, 0.15) is 6.04 Å². The van der Waals surface area contributed by atoms with Crippen LogP contribution in [0.15, 0.2) is 48.5 Å². The lowest BCUT2D eigenvalue weighted by molar-refractivity contribution is -0.385. The van der Waals surface area contributed by atoms with Crippen molar-refractivity contribution in [2.45, 2.75) is 19.4 Å². The van der Waals surface area contributed by atoms with E-state index in [2.05, 4.69) is 10.6 Å². The Bertz CT molecular complexity index is 879. The predicted octanol–water partition coefficient (Wildman–Crippen LogP) is 1.98. The Morgan fingerprint density at radius 1 is 1.11 bits per heavy atom. The number of nitro groups is 1. The van der Waals surface area contributed by atoms with Crippen molar-refractivity contribution in [2.24, 2.45) is 0 Å². The third-order valence-corrected chi connectivity index (χ3v) is 3.68. The number of aliphatic carboxylic acids is 1. The van der Waals surface area contributed by atoms with E-state index in [1.54, 1.807) is 6.07 Å². The normalized spacial score (nSPS) is 11.3. The summed E-state index contributed by atoms with van der Waals surface area (Å²) in [4.78, 5) is 45.3. The van der Waals surface area contributed by atoms with Crippen LogP contribution in [-0.4, -0.2) is 33.9 Å². The van der Waals surface area contributed by atoms with Crippen molar-refractivity contribution in [2.75, 3.05) is 5.32 Å². The Kier molecular flexibility index (Phi) is 6.21. The second kappa shape index (κ2) is 8.56. The minimum Gasteiger partial charge on any atom is -0.480 e. The van der Waals surface area contributed by atoms with Gasteiger partial charge >= 0.3 is 5.97 Å². The zero-order chi connectivity index (χ0) is 20.0. The zero-order valence-corrected chi connectivity index (χ0v) is 14.3. The number of carboxylic acids is 1. The van der Waals surface area contributed by atoms with Gasteiger partial charge in [0, 0.05) is 36.2 Å². The minimum atomic E-state index is -1.34. The zero-order valence-electron chi connectivity index (χ0n) is 14.3. The molecule has 1 atom stereocenters. The molecule has 9 heteroatoms. The molecule has 140 valence electrons. The van der Waals surface area contributed by atoms with Gasteiger partial charge < -0.3 is 15.7 Å². The minimum absolute atomic E-state index is 0.193. The summed E-state index contributed by atoms with van der Waals surface area (Å²) < 4.78 is 0. The Morgan fingerprint density at radius 2 is 1.74 bits per heavy atom. The molecular weight excluding hydrogens is 354 g/mol. The number of para-hydroxylation sites is 1. The lowest BCUT2D eigenvalue weighted by Crippen LogP contribution is -2.42. The molecule has 3 N–H and O–H groups in total. The van der Waals surface area contributed by atoms with Gasteiger partial charge in [0.15, 0.2) is 0 Å². The summed E-state index contributed by atoms with van der Waals surface area (Å²) in [6.07, 6.45) is -0.234. The van der Waals surface area contributed by atoms with Crippen molar-refractivity contribution in [1.82, 2.24) is 5.32 Å². The first-order valence-corrected chi connectivity index (χ1v) is 7.91. The third-order valence-electron chi connectivity index (χ3n) is 3.68. The summed E-state index contributed by atoms with van der Waals surface area (Å²) in [6, 6.07) is 10.3. The van der Waals surface area contributed by atoms with Crippen LogP contribution in [0, 0.1) is 10.1 Å². The quantitative estimate of drug-likeness (QED) is 0.502. The molecule has 0 saturated carbocycles. The topological polar surface area (TPSA) is 139 Å². The van der Waals surface area contributed by atoms with E-state index in [0.717, 1.165) is 0 Å². The fourth-order valence-electron chi connectivity index (χ4n) is 2.43. The maximum Gasteiger partial charge on any atom is 0.326 e. The number of nitrogens with one attached hydrogen (secondary N) is 2. The van der Waals surface area contributed by atoms with E-state index in [9.17, 15) is 29.6 Å². The number of carbonyl (C=O) groups excluding carboxylic acids is 2. The molecule has 0 heterocycles. The van der Waals surface area contributed by atoms with Gasteiger partial charge in [-0.3, -0.25) is 19.7 Å². The molecule has 9 nitrogen and oxygen atoms in total. The highest BCUT2D eigenvalue weighted by Gasteiger charge is 2.24. The second-order valence-electron chi connectivity index (χ2n) is 5.71. The lowest BCUT2D eigenvalue weighted by atomic mass is 10.0. The van der Waals surface area contributed by atoms with Crippen molar-refractivity contribution in [3.63, 3.8) is 0 Å². The largest absolute Gasteiger partial charge is 0.480 e. The summed E-state index contributed by atoms with van der Waals surface area (Å²) in [5.41, 5.74) is 0.681. The van der Waals surface area contributed by atoms with E-state index in [1.807, 2.05) is 0 Å². The molecule has 27 heavy (non-hydrogen) atoms. The predicted molar refractivity (Wildman–Crippen MR) is 96.4 cm³/mol. The number of benzene rings is 2. The SMILES string of the molecule is CC(=O)Nc1ccc(C(=O)N[C@@H](Cc2ccccc2[N+](=O)[O-])C(=O)O)cc1. The summed E-state index contributed by atoms with van der Waals surface area (Å²) in [5, 5.41) is 25.3. The Hall–Kier alpha value is -3.75. The first-order chi connectivity index (χ1) is 12.8. The number of anilines is 1. The van der Waals surface area contributed by atoms with E-state index < -0.39 is 22.8 Å². The molecule has 0 bridgehead atoms. The average Bonchev–Trinajstić information content (AvgIpc) is 2.61. The van der Waals surface area contributed by atoms with E-state index in [1.165, 1.54) is 49.4 Å². The van der Waals surface area contributed by atoms with E-state index in [-0.39, 0.29) is 29.1 Å². The van der Waals surface area contributed by atoms with E-state index in [4.69, 9.17) is 0 Å². The number of carboxylic acid groups (broad SMARTS) is 1. The summed E-state index contributed by atoms with van der Waals surface area (Å²) in [6.45, 7) is 1.35. The van der Waals surface area contributed by atoms with Crippen molar-refractivity contribution in [3.05, 3.63) is 69.8 Å². The molecule has 2 aromatic rings. The fraction of sp³-hybridized carbons (Fsp3) is 0.167. The highest BCUT2D eigenvalue weighted by atomic mass is 16.6. The van der Waals surface area contributed by atoms with Crippen LogP contribution in [0.2, 0.25) is 0 Å². The molecular formula is C18H17N3O6. The molecule has 0 aliphatic carbocycles. The van der Waals surface area contributed by atoms with Crippen LogP contribution in [-0.2, 0) is 16.0 Å². The highest BCUT2D eigenvalue weighted by Crippen LogP contribution is 2.19. The number of nitrogens with zero attached hydrogens (tertiary/aromatic N) is 1. The molecule has 0 fully saturated rings. The molecule has 0 aliphatic heterocycles. The van der Waals surface area contributed by atoms with E-state index in [0.29, 0.717) is 5.69 Å². The van der Waals surface area contributed by atoms with Gasteiger partial charge in [-0.2, -0.15) is 0 Å². The number of hydrogen-bond donors (Lipinski definition) is 3. The van der Waals surface area contributed by atoms with E-state index >= 15 is 0 Å². The molecule has 0 spiro atoms. The first kappa shape index (κ1) is 19.6. The molecule has 0 aliphatic rings. The number of amides is 2. The molecule has 0 saturated heterocycles. The van der Waals surface area contributed by atoms with Crippen molar-refractivity contribution < 1.29 is 24.4 Å². The van der Waals surface area contributed by atoms with Crippen molar-refractivity contribution >= 4 is 29.2 Å². The molecule has 2 aromatic carbocycles. The molecule has 2 amide bonds. The van der Waals surface area contributed by atoms with Crippen molar-refractivity contribution in [3.8, 4) is 0 Å². The van der Waals surface area contributed by atoms with Crippen LogP contribution in [0.25, 0.3) is 0 Å². The maximum atomic E-state index is 12.3. The van der Waals surface area contributed by atoms with Gasteiger partial charge in [0.05, 0.1) is 4.92 Å². The lowest BCUT2D eigenvalue weighted by Gasteiger charge is -2.15. The third kappa shape index (κ3) is 5.36. The smallest absolute Gasteiger partial charge is 0.326 e. The summed E-state index contributed by atoms with van der Waals surface area (Å²) in [7, 11) is 0.